The van der Waals surface area contributed by atoms with E-state index in [1.165, 1.54) is 6.92 Å². The second kappa shape index (κ2) is 7.25. The van der Waals surface area contributed by atoms with Gasteiger partial charge in [0.25, 0.3) is 0 Å². The molecule has 2 amide bonds. The van der Waals surface area contributed by atoms with Crippen LogP contribution in [0.2, 0.25) is 0 Å². The van der Waals surface area contributed by atoms with Crippen molar-refractivity contribution in [3.8, 4) is 0 Å². The maximum Gasteiger partial charge on any atom is 0.245 e. The Kier molecular flexibility index (Phi) is 4.88. The molecular formula is C19H21N3O3. The molecule has 1 atom stereocenters. The molecule has 2 heterocycles. The first-order valence-electron chi connectivity index (χ1n) is 8.14. The van der Waals surface area contributed by atoms with E-state index < -0.39 is 6.04 Å². The third-order valence-corrected chi connectivity index (χ3v) is 4.12. The topological polar surface area (TPSA) is 78.3 Å². The third-order valence-electron chi connectivity index (χ3n) is 4.12. The van der Waals surface area contributed by atoms with E-state index in [0.717, 1.165) is 16.5 Å². The maximum atomic E-state index is 12.8. The van der Waals surface area contributed by atoms with Gasteiger partial charge in [-0.15, -0.1) is 0 Å². The summed E-state index contributed by atoms with van der Waals surface area (Å²) in [6.45, 7) is 1.78. The largest absolute Gasteiger partial charge is 0.467 e. The lowest BCUT2D eigenvalue weighted by Crippen LogP contribution is -2.47. The van der Waals surface area contributed by atoms with E-state index >= 15 is 0 Å². The van der Waals surface area contributed by atoms with Gasteiger partial charge in [0.2, 0.25) is 11.8 Å². The van der Waals surface area contributed by atoms with Gasteiger partial charge in [0.1, 0.15) is 11.8 Å². The molecule has 25 heavy (non-hydrogen) atoms. The zero-order chi connectivity index (χ0) is 17.8. The number of carbonyl (C=O) groups excluding carboxylic acids is 2. The van der Waals surface area contributed by atoms with Crippen molar-refractivity contribution in [2.75, 3.05) is 7.05 Å². The number of aromatic amines is 1. The SMILES string of the molecule is CC(=O)NC(Cc1c[nH]c2ccccc12)C(=O)N(C)Cc1ccco1. The van der Waals surface area contributed by atoms with Crippen molar-refractivity contribution < 1.29 is 14.0 Å². The van der Waals surface area contributed by atoms with E-state index in [9.17, 15) is 9.59 Å². The summed E-state index contributed by atoms with van der Waals surface area (Å²) < 4.78 is 5.29. The van der Waals surface area contributed by atoms with Crippen molar-refractivity contribution in [3.05, 3.63) is 60.2 Å². The Balaban J connectivity index is 1.79. The summed E-state index contributed by atoms with van der Waals surface area (Å²) in [5, 5.41) is 3.82. The number of rotatable bonds is 6. The van der Waals surface area contributed by atoms with Gasteiger partial charge in [-0.05, 0) is 23.8 Å². The number of benzene rings is 1. The van der Waals surface area contributed by atoms with Crippen LogP contribution < -0.4 is 5.32 Å². The van der Waals surface area contributed by atoms with Crippen LogP contribution in [0.3, 0.4) is 0 Å². The first-order valence-corrected chi connectivity index (χ1v) is 8.14. The van der Waals surface area contributed by atoms with Crippen LogP contribution in [0.25, 0.3) is 10.9 Å². The molecule has 1 unspecified atom stereocenters. The fraction of sp³-hybridized carbons (Fsp3) is 0.263. The number of aromatic nitrogens is 1. The number of furan rings is 1. The van der Waals surface area contributed by atoms with Crippen LogP contribution in [-0.2, 0) is 22.6 Å². The molecule has 0 saturated carbocycles. The highest BCUT2D eigenvalue weighted by Crippen LogP contribution is 2.19. The van der Waals surface area contributed by atoms with E-state index in [4.69, 9.17) is 4.42 Å². The highest BCUT2D eigenvalue weighted by atomic mass is 16.3. The molecule has 0 aliphatic rings. The lowest BCUT2D eigenvalue weighted by molar-refractivity contribution is -0.135. The second-order valence-corrected chi connectivity index (χ2v) is 6.09. The first kappa shape index (κ1) is 16.8. The molecule has 0 bridgehead atoms. The lowest BCUT2D eigenvalue weighted by atomic mass is 10.0. The smallest absolute Gasteiger partial charge is 0.245 e. The number of fused-ring (bicyclic) bond motifs is 1. The third kappa shape index (κ3) is 3.91. The number of H-pyrrole nitrogens is 1. The number of nitrogens with one attached hydrogen (secondary N) is 2. The highest BCUT2D eigenvalue weighted by Gasteiger charge is 2.25. The molecule has 0 aliphatic heterocycles. The van der Waals surface area contributed by atoms with Crippen LogP contribution in [0, 0.1) is 0 Å². The molecule has 130 valence electrons. The predicted octanol–water partition coefficient (Wildman–Crippen LogP) is 2.47. The maximum absolute atomic E-state index is 12.8. The number of likely N-dealkylation sites (N-methyl/N-ethyl adjacent to an activating group) is 1. The molecular weight excluding hydrogens is 318 g/mol. The number of para-hydroxylation sites is 1. The van der Waals surface area contributed by atoms with Gasteiger partial charge in [0.15, 0.2) is 0 Å². The highest BCUT2D eigenvalue weighted by molar-refractivity contribution is 5.89. The summed E-state index contributed by atoms with van der Waals surface area (Å²) in [6.07, 6.45) is 3.88. The Bertz CT molecular complexity index is 867. The Hall–Kier alpha value is -3.02. The fourth-order valence-electron chi connectivity index (χ4n) is 2.95. The molecule has 1 aromatic carbocycles. The fourth-order valence-corrected chi connectivity index (χ4v) is 2.95. The van der Waals surface area contributed by atoms with Crippen molar-refractivity contribution in [3.63, 3.8) is 0 Å². The molecule has 0 saturated heterocycles. The van der Waals surface area contributed by atoms with Crippen LogP contribution in [0.5, 0.6) is 0 Å². The monoisotopic (exact) mass is 339 g/mol. The second-order valence-electron chi connectivity index (χ2n) is 6.09. The molecule has 3 aromatic rings. The van der Waals surface area contributed by atoms with Gasteiger partial charge in [-0.3, -0.25) is 9.59 Å². The van der Waals surface area contributed by atoms with E-state index in [0.29, 0.717) is 18.7 Å². The molecule has 3 rings (SSSR count). The van der Waals surface area contributed by atoms with Crippen LogP contribution in [0.15, 0.2) is 53.3 Å². The van der Waals surface area contributed by atoms with E-state index in [1.807, 2.05) is 36.5 Å². The van der Waals surface area contributed by atoms with E-state index in [2.05, 4.69) is 10.3 Å². The van der Waals surface area contributed by atoms with E-state index in [1.54, 1.807) is 24.3 Å². The van der Waals surface area contributed by atoms with Crippen LogP contribution in [0.1, 0.15) is 18.2 Å². The van der Waals surface area contributed by atoms with Gasteiger partial charge in [0, 0.05) is 37.5 Å². The van der Waals surface area contributed by atoms with Crippen molar-refractivity contribution in [2.24, 2.45) is 0 Å². The average Bonchev–Trinajstić information content (AvgIpc) is 3.23. The molecule has 0 fully saturated rings. The minimum absolute atomic E-state index is 0.156. The van der Waals surface area contributed by atoms with Gasteiger partial charge in [-0.1, -0.05) is 18.2 Å². The molecule has 0 spiro atoms. The molecule has 6 heteroatoms. The summed E-state index contributed by atoms with van der Waals surface area (Å²) in [7, 11) is 1.70. The van der Waals surface area contributed by atoms with Crippen LogP contribution in [-0.4, -0.2) is 34.8 Å². The summed E-state index contributed by atoms with van der Waals surface area (Å²) >= 11 is 0. The molecule has 2 aromatic heterocycles. The number of hydrogen-bond acceptors (Lipinski definition) is 3. The summed E-state index contributed by atoms with van der Waals surface area (Å²) in [5.41, 5.74) is 2.00. The Morgan fingerprint density at radius 2 is 2.04 bits per heavy atom. The Morgan fingerprint density at radius 1 is 1.24 bits per heavy atom. The zero-order valence-electron chi connectivity index (χ0n) is 14.3. The van der Waals surface area contributed by atoms with Gasteiger partial charge in [0.05, 0.1) is 12.8 Å². The Labute approximate surface area is 145 Å². The van der Waals surface area contributed by atoms with Gasteiger partial charge in [-0.25, -0.2) is 0 Å². The van der Waals surface area contributed by atoms with Crippen LogP contribution in [0.4, 0.5) is 0 Å². The van der Waals surface area contributed by atoms with Crippen molar-refractivity contribution in [1.82, 2.24) is 15.2 Å². The average molecular weight is 339 g/mol. The molecule has 2 N–H and O–H groups in total. The molecule has 0 radical (unpaired) electrons. The lowest BCUT2D eigenvalue weighted by Gasteiger charge is -2.23. The normalized spacial score (nSPS) is 12.1. The van der Waals surface area contributed by atoms with Crippen molar-refractivity contribution >= 4 is 22.7 Å². The summed E-state index contributed by atoms with van der Waals surface area (Å²) in [5.74, 6) is 0.311. The minimum atomic E-state index is -0.628. The van der Waals surface area contributed by atoms with E-state index in [-0.39, 0.29) is 11.8 Å². The quantitative estimate of drug-likeness (QED) is 0.724. The Morgan fingerprint density at radius 3 is 2.76 bits per heavy atom. The summed E-state index contributed by atoms with van der Waals surface area (Å²) in [6, 6.07) is 10.9. The molecule has 6 nitrogen and oxygen atoms in total. The number of nitrogens with zero attached hydrogens (tertiary/aromatic N) is 1. The number of amides is 2. The van der Waals surface area contributed by atoms with Gasteiger partial charge < -0.3 is 19.6 Å². The number of hydrogen-bond donors (Lipinski definition) is 2. The zero-order valence-corrected chi connectivity index (χ0v) is 14.3. The number of carbonyl (C=O) groups is 2. The standard InChI is InChI=1S/C19H21N3O3/c1-13(23)21-18(19(24)22(2)12-15-6-5-9-25-15)10-14-11-20-17-8-4-3-7-16(14)17/h3-9,11,18,20H,10,12H2,1-2H3,(H,21,23). The van der Waals surface area contributed by atoms with Gasteiger partial charge in [-0.2, -0.15) is 0 Å². The van der Waals surface area contributed by atoms with Crippen LogP contribution >= 0.6 is 0 Å². The minimum Gasteiger partial charge on any atom is -0.467 e. The molecule has 0 aliphatic carbocycles. The van der Waals surface area contributed by atoms with Crippen molar-refractivity contribution in [1.29, 1.82) is 0 Å². The summed E-state index contributed by atoms with van der Waals surface area (Å²) in [4.78, 5) is 29.2. The predicted molar refractivity (Wildman–Crippen MR) is 94.8 cm³/mol. The van der Waals surface area contributed by atoms with Gasteiger partial charge >= 0.3 is 0 Å². The first-order chi connectivity index (χ1) is 12.0. The van der Waals surface area contributed by atoms with Crippen molar-refractivity contribution in [2.45, 2.75) is 25.9 Å².